The van der Waals surface area contributed by atoms with E-state index in [1.54, 1.807) is 55.0 Å². The molecule has 0 spiro atoms. The zero-order valence-electron chi connectivity index (χ0n) is 23.7. The highest BCUT2D eigenvalue weighted by Gasteiger charge is 2.48. The van der Waals surface area contributed by atoms with Gasteiger partial charge < -0.3 is 15.1 Å². The van der Waals surface area contributed by atoms with Crippen molar-refractivity contribution in [1.29, 1.82) is 0 Å². The summed E-state index contributed by atoms with van der Waals surface area (Å²) in [4.78, 5) is 39.8. The number of benzene rings is 3. The standard InChI is InChI=1S/C34H25F2N5O3/c1-18-3-4-20(31(42)41-34(12-13-34)33-39-17-21-16-38-14-11-25(21)40-33)15-24(18)23-9-10-26-27(29(23)36)28(32(43)37-2)30(44-26)19-5-7-22(35)8-6-19/h3-11,14-17H,12-13H2,1-2H3,(H,37,43)(H,41,42). The summed E-state index contributed by atoms with van der Waals surface area (Å²) in [7, 11) is 1.44. The van der Waals surface area contributed by atoms with Crippen LogP contribution < -0.4 is 10.6 Å². The third-order valence-corrected chi connectivity index (χ3v) is 8.05. The lowest BCUT2D eigenvalue weighted by Crippen LogP contribution is -2.36. The second kappa shape index (κ2) is 10.3. The summed E-state index contributed by atoms with van der Waals surface area (Å²) in [6.45, 7) is 1.82. The number of carbonyl (C=O) groups excluding carboxylic acids is 2. The van der Waals surface area contributed by atoms with Gasteiger partial charge in [0.05, 0.1) is 16.5 Å². The lowest BCUT2D eigenvalue weighted by molar-refractivity contribution is 0.0927. The highest BCUT2D eigenvalue weighted by Crippen LogP contribution is 2.44. The quantitative estimate of drug-likeness (QED) is 0.230. The molecule has 1 saturated carbocycles. The van der Waals surface area contributed by atoms with Crippen LogP contribution in [0.15, 0.2) is 83.7 Å². The Balaban J connectivity index is 1.27. The number of pyridine rings is 1. The van der Waals surface area contributed by atoms with E-state index in [0.717, 1.165) is 16.5 Å². The van der Waals surface area contributed by atoms with Crippen molar-refractivity contribution in [3.8, 4) is 22.5 Å². The molecule has 1 aliphatic rings. The highest BCUT2D eigenvalue weighted by atomic mass is 19.1. The van der Waals surface area contributed by atoms with Crippen LogP contribution in [0.25, 0.3) is 44.3 Å². The predicted molar refractivity (Wildman–Crippen MR) is 161 cm³/mol. The number of nitrogens with one attached hydrogen (secondary N) is 2. The van der Waals surface area contributed by atoms with Gasteiger partial charge in [-0.3, -0.25) is 14.6 Å². The van der Waals surface area contributed by atoms with E-state index < -0.39 is 23.1 Å². The molecule has 10 heteroatoms. The molecular formula is C34H25F2N5O3. The van der Waals surface area contributed by atoms with Crippen LogP contribution in [0.1, 0.15) is 44.9 Å². The minimum Gasteiger partial charge on any atom is -0.455 e. The fourth-order valence-electron chi connectivity index (χ4n) is 5.48. The normalized spacial score (nSPS) is 13.6. The Morgan fingerprint density at radius 2 is 1.73 bits per heavy atom. The van der Waals surface area contributed by atoms with Gasteiger partial charge in [0.2, 0.25) is 0 Å². The largest absolute Gasteiger partial charge is 0.455 e. The number of hydrogen-bond acceptors (Lipinski definition) is 6. The van der Waals surface area contributed by atoms with E-state index in [0.29, 0.717) is 35.4 Å². The van der Waals surface area contributed by atoms with Gasteiger partial charge in [0, 0.05) is 47.7 Å². The molecule has 0 radical (unpaired) electrons. The molecule has 0 bridgehead atoms. The fourth-order valence-corrected chi connectivity index (χ4v) is 5.48. The molecule has 3 heterocycles. The van der Waals surface area contributed by atoms with Crippen molar-refractivity contribution < 1.29 is 22.8 Å². The lowest BCUT2D eigenvalue weighted by Gasteiger charge is -2.17. The molecule has 8 nitrogen and oxygen atoms in total. The summed E-state index contributed by atoms with van der Waals surface area (Å²) in [5.41, 5.74) is 2.42. The van der Waals surface area contributed by atoms with E-state index >= 15 is 4.39 Å². The predicted octanol–water partition coefficient (Wildman–Crippen LogP) is 6.47. The number of hydrogen-bond donors (Lipinski definition) is 2. The molecule has 218 valence electrons. The van der Waals surface area contributed by atoms with Crippen molar-refractivity contribution in [3.05, 3.63) is 113 Å². The third-order valence-electron chi connectivity index (χ3n) is 8.05. The summed E-state index contributed by atoms with van der Waals surface area (Å²) >= 11 is 0. The van der Waals surface area contributed by atoms with Gasteiger partial charge in [-0.25, -0.2) is 18.7 Å². The van der Waals surface area contributed by atoms with Crippen molar-refractivity contribution >= 4 is 33.7 Å². The van der Waals surface area contributed by atoms with Crippen molar-refractivity contribution in [2.75, 3.05) is 7.05 Å². The van der Waals surface area contributed by atoms with E-state index in [-0.39, 0.29) is 33.8 Å². The number of halogens is 2. The molecule has 0 atom stereocenters. The zero-order chi connectivity index (χ0) is 30.6. The maximum atomic E-state index is 16.4. The zero-order valence-corrected chi connectivity index (χ0v) is 23.7. The molecular weight excluding hydrogens is 564 g/mol. The first kappa shape index (κ1) is 27.3. The lowest BCUT2D eigenvalue weighted by atomic mass is 9.94. The van der Waals surface area contributed by atoms with E-state index in [1.807, 2.05) is 6.92 Å². The number of rotatable bonds is 6. The molecule has 0 saturated heterocycles. The van der Waals surface area contributed by atoms with Crippen LogP contribution in [0, 0.1) is 18.6 Å². The van der Waals surface area contributed by atoms with Crippen LogP contribution in [-0.4, -0.2) is 33.8 Å². The second-order valence-corrected chi connectivity index (χ2v) is 10.9. The minimum atomic E-state index is -0.681. The molecule has 44 heavy (non-hydrogen) atoms. The first-order valence-electron chi connectivity index (χ1n) is 14.0. The Kier molecular flexibility index (Phi) is 6.42. The molecule has 3 aromatic carbocycles. The number of fused-ring (bicyclic) bond motifs is 2. The molecule has 1 aliphatic carbocycles. The van der Waals surface area contributed by atoms with Crippen molar-refractivity contribution in [1.82, 2.24) is 25.6 Å². The summed E-state index contributed by atoms with van der Waals surface area (Å²) in [5.74, 6) is -1.34. The van der Waals surface area contributed by atoms with Gasteiger partial charge in [-0.15, -0.1) is 0 Å². The summed E-state index contributed by atoms with van der Waals surface area (Å²) in [5, 5.41) is 6.45. The Hall–Kier alpha value is -5.51. The smallest absolute Gasteiger partial charge is 0.255 e. The molecule has 6 aromatic rings. The fraction of sp³-hybridized carbons (Fsp3) is 0.147. The summed E-state index contributed by atoms with van der Waals surface area (Å²) in [6.07, 6.45) is 6.43. The van der Waals surface area contributed by atoms with E-state index in [4.69, 9.17) is 4.42 Å². The van der Waals surface area contributed by atoms with Crippen LogP contribution in [0.3, 0.4) is 0 Å². The van der Waals surface area contributed by atoms with Gasteiger partial charge in [0.25, 0.3) is 11.8 Å². The SMILES string of the molecule is CNC(=O)c1c(-c2ccc(F)cc2)oc2ccc(-c3cc(C(=O)NC4(c5ncc6cnccc6n5)CC4)ccc3C)c(F)c12. The van der Waals surface area contributed by atoms with E-state index in [2.05, 4.69) is 25.6 Å². The summed E-state index contributed by atoms with van der Waals surface area (Å²) < 4.78 is 36.0. The van der Waals surface area contributed by atoms with Crippen molar-refractivity contribution in [3.63, 3.8) is 0 Å². The van der Waals surface area contributed by atoms with Gasteiger partial charge in [0.15, 0.2) is 5.82 Å². The van der Waals surface area contributed by atoms with Gasteiger partial charge in [-0.05, 0) is 85.5 Å². The number of amides is 2. The van der Waals surface area contributed by atoms with Gasteiger partial charge in [-0.1, -0.05) is 6.07 Å². The molecule has 2 amide bonds. The van der Waals surface area contributed by atoms with Crippen LogP contribution in [0.5, 0.6) is 0 Å². The van der Waals surface area contributed by atoms with Crippen molar-refractivity contribution in [2.24, 2.45) is 0 Å². The molecule has 2 N–H and O–H groups in total. The first-order valence-corrected chi connectivity index (χ1v) is 14.0. The maximum absolute atomic E-state index is 16.4. The number of carbonyl (C=O) groups is 2. The molecule has 0 unspecified atom stereocenters. The van der Waals surface area contributed by atoms with Crippen LogP contribution in [-0.2, 0) is 5.54 Å². The van der Waals surface area contributed by atoms with Crippen LogP contribution >= 0.6 is 0 Å². The Morgan fingerprint density at radius 3 is 2.48 bits per heavy atom. The molecule has 3 aromatic heterocycles. The van der Waals surface area contributed by atoms with E-state index in [1.165, 1.54) is 31.3 Å². The Morgan fingerprint density at radius 1 is 0.932 bits per heavy atom. The Bertz CT molecular complexity index is 2120. The van der Waals surface area contributed by atoms with Crippen LogP contribution in [0.4, 0.5) is 8.78 Å². The number of aryl methyl sites for hydroxylation is 1. The van der Waals surface area contributed by atoms with Gasteiger partial charge >= 0.3 is 0 Å². The Labute approximate surface area is 250 Å². The maximum Gasteiger partial charge on any atom is 0.255 e. The number of aromatic nitrogens is 3. The minimum absolute atomic E-state index is 0.00171. The van der Waals surface area contributed by atoms with Gasteiger partial charge in [0.1, 0.15) is 28.5 Å². The monoisotopic (exact) mass is 589 g/mol. The van der Waals surface area contributed by atoms with Gasteiger partial charge in [-0.2, -0.15) is 0 Å². The average Bonchev–Trinajstić information content (AvgIpc) is 3.72. The number of nitrogens with zero attached hydrogens (tertiary/aromatic N) is 3. The molecule has 0 aliphatic heterocycles. The topological polar surface area (TPSA) is 110 Å². The summed E-state index contributed by atoms with van der Waals surface area (Å²) in [6, 6.07) is 15.5. The highest BCUT2D eigenvalue weighted by molar-refractivity contribution is 6.12. The average molecular weight is 590 g/mol. The number of furan rings is 1. The first-order chi connectivity index (χ1) is 21.3. The third kappa shape index (κ3) is 4.55. The molecule has 7 rings (SSSR count). The van der Waals surface area contributed by atoms with E-state index in [9.17, 15) is 14.0 Å². The second-order valence-electron chi connectivity index (χ2n) is 10.9. The molecule has 1 fully saturated rings. The van der Waals surface area contributed by atoms with Crippen LogP contribution in [0.2, 0.25) is 0 Å². The van der Waals surface area contributed by atoms with Crippen molar-refractivity contribution in [2.45, 2.75) is 25.3 Å².